The van der Waals surface area contributed by atoms with Gasteiger partial charge in [-0.05, 0) is 87.7 Å². The Morgan fingerprint density at radius 2 is 1.94 bits per heavy atom. The number of aliphatic hydroxyl groups is 1. The van der Waals surface area contributed by atoms with Crippen LogP contribution in [-0.2, 0) is 4.79 Å². The summed E-state index contributed by atoms with van der Waals surface area (Å²) in [6, 6.07) is 3.90. The van der Waals surface area contributed by atoms with Crippen molar-refractivity contribution in [3.05, 3.63) is 40.3 Å². The number of aryl methyl sites for hydroxylation is 1. The summed E-state index contributed by atoms with van der Waals surface area (Å²) in [6.07, 6.45) is 7.58. The highest BCUT2D eigenvalue weighted by molar-refractivity contribution is 5.92. The maximum absolute atomic E-state index is 13.2. The summed E-state index contributed by atoms with van der Waals surface area (Å²) in [7, 11) is 1.65. The number of carbonyl (C=O) groups excluding carboxylic acids is 1. The van der Waals surface area contributed by atoms with Crippen LogP contribution in [0.5, 0.6) is 5.75 Å². The summed E-state index contributed by atoms with van der Waals surface area (Å²) < 4.78 is 11.6. The number of carbonyl (C=O) groups is 1. The molecule has 6 nitrogen and oxygen atoms in total. The quantitative estimate of drug-likeness (QED) is 0.350. The predicted octanol–water partition coefficient (Wildman–Crippen LogP) is 6.99. The summed E-state index contributed by atoms with van der Waals surface area (Å²) in [5.74, 6) is 3.46. The van der Waals surface area contributed by atoms with Crippen molar-refractivity contribution in [1.82, 2.24) is 5.16 Å². The Hall–Kier alpha value is -2.34. The van der Waals surface area contributed by atoms with Gasteiger partial charge in [-0.15, -0.1) is 0 Å². The Morgan fingerprint density at radius 1 is 1.22 bits per heavy atom. The molecule has 36 heavy (non-hydrogen) atoms. The Morgan fingerprint density at radius 3 is 2.56 bits per heavy atom. The second kappa shape index (κ2) is 11.0. The molecule has 0 spiro atoms. The van der Waals surface area contributed by atoms with E-state index < -0.39 is 0 Å². The van der Waals surface area contributed by atoms with Crippen LogP contribution < -0.4 is 10.1 Å². The van der Waals surface area contributed by atoms with Crippen molar-refractivity contribution in [3.63, 3.8) is 0 Å². The van der Waals surface area contributed by atoms with E-state index in [0.29, 0.717) is 36.5 Å². The summed E-state index contributed by atoms with van der Waals surface area (Å²) in [5, 5.41) is 17.2. The Bertz CT molecular complexity index is 1060. The Kier molecular flexibility index (Phi) is 8.13. The lowest BCUT2D eigenvalue weighted by atomic mass is 9.66. The van der Waals surface area contributed by atoms with Crippen molar-refractivity contribution in [3.8, 4) is 5.75 Å². The summed E-state index contributed by atoms with van der Waals surface area (Å²) in [6.45, 7) is 11.0. The number of rotatable bonds is 11. The molecule has 4 rings (SSSR count). The number of aliphatic hydroxyl groups excluding tert-OH is 1. The van der Waals surface area contributed by atoms with Gasteiger partial charge < -0.3 is 19.7 Å². The SMILES string of the molecule is COc1c(C)ccc(NC(=O)C[C@H](CCCO)c2noc(C3CC(CC(C)(C)C)C3)c2C2CC2)c1C. The Balaban J connectivity index is 1.51. The molecular formula is C30H44N2O4. The molecule has 0 saturated heterocycles. The molecule has 2 aliphatic carbocycles. The van der Waals surface area contributed by atoms with Crippen molar-refractivity contribution in [1.29, 1.82) is 0 Å². The number of hydrogen-bond donors (Lipinski definition) is 2. The lowest BCUT2D eigenvalue weighted by molar-refractivity contribution is -0.116. The molecule has 0 unspecified atom stereocenters. The smallest absolute Gasteiger partial charge is 0.225 e. The number of nitrogens with one attached hydrogen (secondary N) is 1. The second-order valence-electron chi connectivity index (χ2n) is 12.3. The third kappa shape index (κ3) is 6.13. The minimum absolute atomic E-state index is 0.0490. The van der Waals surface area contributed by atoms with E-state index in [1.807, 2.05) is 26.0 Å². The fraction of sp³-hybridized carbons (Fsp3) is 0.667. The first kappa shape index (κ1) is 26.7. The van der Waals surface area contributed by atoms with Gasteiger partial charge in [0.15, 0.2) is 0 Å². The number of benzene rings is 1. The van der Waals surface area contributed by atoms with E-state index in [2.05, 4.69) is 31.2 Å². The fourth-order valence-electron chi connectivity index (χ4n) is 6.05. The average Bonchev–Trinajstić information content (AvgIpc) is 3.53. The van der Waals surface area contributed by atoms with Crippen LogP contribution in [0, 0.1) is 25.2 Å². The molecule has 2 saturated carbocycles. The number of methoxy groups -OCH3 is 1. The average molecular weight is 497 g/mol. The van der Waals surface area contributed by atoms with Crippen LogP contribution in [0.2, 0.25) is 0 Å². The van der Waals surface area contributed by atoms with E-state index in [9.17, 15) is 9.90 Å². The van der Waals surface area contributed by atoms with Gasteiger partial charge in [-0.25, -0.2) is 0 Å². The number of ether oxygens (including phenoxy) is 1. The molecule has 6 heteroatoms. The summed E-state index contributed by atoms with van der Waals surface area (Å²) >= 11 is 0. The highest BCUT2D eigenvalue weighted by Crippen LogP contribution is 2.53. The zero-order valence-electron chi connectivity index (χ0n) is 22.9. The monoisotopic (exact) mass is 496 g/mol. The molecule has 1 aromatic carbocycles. The van der Waals surface area contributed by atoms with E-state index in [-0.39, 0.29) is 18.4 Å². The largest absolute Gasteiger partial charge is 0.496 e. The first-order chi connectivity index (χ1) is 17.1. The molecule has 0 bridgehead atoms. The van der Waals surface area contributed by atoms with Gasteiger partial charge in [0.25, 0.3) is 0 Å². The van der Waals surface area contributed by atoms with Gasteiger partial charge in [0, 0.05) is 41.7 Å². The van der Waals surface area contributed by atoms with Crippen LogP contribution in [0.25, 0.3) is 0 Å². The van der Waals surface area contributed by atoms with E-state index >= 15 is 0 Å². The molecule has 1 amide bonds. The number of aromatic nitrogens is 1. The zero-order valence-corrected chi connectivity index (χ0v) is 22.9. The van der Waals surface area contributed by atoms with E-state index in [1.165, 1.54) is 37.7 Å². The van der Waals surface area contributed by atoms with Gasteiger partial charge in [0.05, 0.1) is 12.8 Å². The molecule has 1 aromatic heterocycles. The van der Waals surface area contributed by atoms with Crippen LogP contribution >= 0.6 is 0 Å². The molecule has 2 aromatic rings. The van der Waals surface area contributed by atoms with Crippen molar-refractivity contribution in [2.75, 3.05) is 19.0 Å². The third-order valence-electron chi connectivity index (χ3n) is 7.89. The molecule has 0 aliphatic heterocycles. The van der Waals surface area contributed by atoms with Gasteiger partial charge in [0.1, 0.15) is 11.5 Å². The molecule has 1 heterocycles. The topological polar surface area (TPSA) is 84.6 Å². The van der Waals surface area contributed by atoms with Crippen LogP contribution in [0.1, 0.15) is 118 Å². The van der Waals surface area contributed by atoms with Crippen molar-refractivity contribution >= 4 is 11.6 Å². The first-order valence-electron chi connectivity index (χ1n) is 13.7. The summed E-state index contributed by atoms with van der Waals surface area (Å²) in [4.78, 5) is 13.2. The van der Waals surface area contributed by atoms with E-state index in [4.69, 9.17) is 9.26 Å². The van der Waals surface area contributed by atoms with Crippen LogP contribution in [0.3, 0.4) is 0 Å². The van der Waals surface area contributed by atoms with Crippen LogP contribution in [0.15, 0.2) is 16.7 Å². The van der Waals surface area contributed by atoms with Crippen LogP contribution in [-0.4, -0.2) is 29.9 Å². The maximum atomic E-state index is 13.2. The minimum Gasteiger partial charge on any atom is -0.496 e. The van der Waals surface area contributed by atoms with E-state index in [0.717, 1.165) is 39.9 Å². The first-order valence-corrected chi connectivity index (χ1v) is 13.7. The lowest BCUT2D eigenvalue weighted by Gasteiger charge is -2.38. The van der Waals surface area contributed by atoms with Gasteiger partial charge >= 0.3 is 0 Å². The normalized spacial score (nSPS) is 20.6. The van der Waals surface area contributed by atoms with Gasteiger partial charge in [-0.2, -0.15) is 0 Å². The number of amides is 1. The zero-order chi connectivity index (χ0) is 26.0. The van der Waals surface area contributed by atoms with Gasteiger partial charge in [0.2, 0.25) is 5.91 Å². The highest BCUT2D eigenvalue weighted by Gasteiger charge is 2.42. The molecular weight excluding hydrogens is 452 g/mol. The molecule has 2 fully saturated rings. The summed E-state index contributed by atoms with van der Waals surface area (Å²) in [5.41, 5.74) is 5.32. The molecule has 1 atom stereocenters. The lowest BCUT2D eigenvalue weighted by Crippen LogP contribution is -2.26. The second-order valence-corrected chi connectivity index (χ2v) is 12.3. The van der Waals surface area contributed by atoms with Crippen LogP contribution in [0.4, 0.5) is 5.69 Å². The fourth-order valence-corrected chi connectivity index (χ4v) is 6.05. The van der Waals surface area contributed by atoms with Crippen molar-refractivity contribution in [2.45, 2.75) is 104 Å². The minimum atomic E-state index is -0.0663. The molecule has 2 aliphatic rings. The van der Waals surface area contributed by atoms with Gasteiger partial charge in [-0.3, -0.25) is 4.79 Å². The highest BCUT2D eigenvalue weighted by atomic mass is 16.5. The van der Waals surface area contributed by atoms with Gasteiger partial charge in [-0.1, -0.05) is 32.0 Å². The molecule has 0 radical (unpaired) electrons. The van der Waals surface area contributed by atoms with Crippen molar-refractivity contribution < 1.29 is 19.2 Å². The predicted molar refractivity (Wildman–Crippen MR) is 143 cm³/mol. The Labute approximate surface area is 216 Å². The molecule has 2 N–H and O–H groups in total. The number of nitrogens with zero attached hydrogens (tertiary/aromatic N) is 1. The standard InChI is InChI=1S/C30H44N2O4/c1-18-9-12-24(19(2)28(18)35-6)31-25(34)16-22(8-7-13-33)27-26(21-10-11-21)29(36-32-27)23-14-20(15-23)17-30(3,4)5/h9,12,20-23,33H,7-8,10-11,13-17H2,1-6H3,(H,31,34)/t20?,22-,23?/m0/s1. The number of anilines is 1. The third-order valence-corrected chi connectivity index (χ3v) is 7.89. The number of hydrogen-bond acceptors (Lipinski definition) is 5. The van der Waals surface area contributed by atoms with E-state index in [1.54, 1.807) is 7.11 Å². The maximum Gasteiger partial charge on any atom is 0.225 e. The molecule has 198 valence electrons. The van der Waals surface area contributed by atoms with Crippen molar-refractivity contribution in [2.24, 2.45) is 11.3 Å².